The van der Waals surface area contributed by atoms with Crippen LogP contribution in [-0.4, -0.2) is 20.1 Å². The first-order chi connectivity index (χ1) is 11.1. The highest BCUT2D eigenvalue weighted by atomic mass is 16.2. The molecular weight excluding hydrogens is 292 g/mol. The predicted molar refractivity (Wildman–Crippen MR) is 87.2 cm³/mol. The molecule has 1 amide bonds. The fraction of sp³-hybridized carbons (Fsp3) is 0.235. The number of benzene rings is 1. The summed E-state index contributed by atoms with van der Waals surface area (Å²) in [5.41, 5.74) is 2.24. The molecule has 0 aliphatic rings. The lowest BCUT2D eigenvalue weighted by Crippen LogP contribution is -2.37. The van der Waals surface area contributed by atoms with Crippen molar-refractivity contribution in [1.82, 2.24) is 19.5 Å². The van der Waals surface area contributed by atoms with E-state index in [9.17, 15) is 9.59 Å². The molecule has 0 unspecified atom stereocenters. The first kappa shape index (κ1) is 15.0. The third-order valence-corrected chi connectivity index (χ3v) is 3.82. The Labute approximate surface area is 133 Å². The molecule has 0 fully saturated rings. The summed E-state index contributed by atoms with van der Waals surface area (Å²) in [5, 5.41) is 6.94. The van der Waals surface area contributed by atoms with E-state index in [1.54, 1.807) is 10.6 Å². The molecule has 0 spiro atoms. The average molecular weight is 310 g/mol. The number of fused-ring (bicyclic) bond motifs is 1. The van der Waals surface area contributed by atoms with E-state index in [0.29, 0.717) is 0 Å². The minimum atomic E-state index is -0.312. The summed E-state index contributed by atoms with van der Waals surface area (Å²) < 4.78 is 2.72. The van der Waals surface area contributed by atoms with Gasteiger partial charge >= 0.3 is 5.69 Å². The predicted octanol–water partition coefficient (Wildman–Crippen LogP) is 1.68. The molecule has 118 valence electrons. The summed E-state index contributed by atoms with van der Waals surface area (Å²) in [7, 11) is 0. The molecule has 0 radical (unpaired) electrons. The minimum Gasteiger partial charge on any atom is -0.348 e. The Morgan fingerprint density at radius 1 is 1.22 bits per heavy atom. The minimum absolute atomic E-state index is 0.108. The summed E-state index contributed by atoms with van der Waals surface area (Å²) in [6.07, 6.45) is 1.59. The molecule has 0 aliphatic heterocycles. The molecule has 6 heteroatoms. The molecule has 3 rings (SSSR count). The van der Waals surface area contributed by atoms with Gasteiger partial charge < -0.3 is 5.32 Å². The molecule has 23 heavy (non-hydrogen) atoms. The van der Waals surface area contributed by atoms with Crippen LogP contribution in [-0.2, 0) is 11.3 Å². The van der Waals surface area contributed by atoms with Crippen LogP contribution >= 0.6 is 0 Å². The van der Waals surface area contributed by atoms with Crippen LogP contribution in [0.3, 0.4) is 0 Å². The zero-order valence-corrected chi connectivity index (χ0v) is 13.1. The van der Waals surface area contributed by atoms with Crippen LogP contribution in [0.25, 0.3) is 5.52 Å². The van der Waals surface area contributed by atoms with Gasteiger partial charge in [0.2, 0.25) is 5.91 Å². The number of aromatic nitrogens is 3. The highest BCUT2D eigenvalue weighted by molar-refractivity contribution is 5.76. The zero-order valence-electron chi connectivity index (χ0n) is 13.1. The monoisotopic (exact) mass is 310 g/mol. The number of hydrogen-bond donors (Lipinski definition) is 1. The van der Waals surface area contributed by atoms with Crippen molar-refractivity contribution in [2.75, 3.05) is 0 Å². The van der Waals surface area contributed by atoms with Crippen LogP contribution in [0.5, 0.6) is 0 Å². The van der Waals surface area contributed by atoms with Gasteiger partial charge in [0, 0.05) is 5.69 Å². The van der Waals surface area contributed by atoms with Crippen molar-refractivity contribution in [3.05, 3.63) is 70.4 Å². The van der Waals surface area contributed by atoms with E-state index in [1.165, 1.54) is 4.68 Å². The Bertz CT molecular complexity index is 896. The number of nitrogens with zero attached hydrogens (tertiary/aromatic N) is 3. The highest BCUT2D eigenvalue weighted by Crippen LogP contribution is 2.10. The maximum Gasteiger partial charge on any atom is 0.349 e. The first-order valence-electron chi connectivity index (χ1n) is 7.45. The van der Waals surface area contributed by atoms with Crippen LogP contribution in [0.15, 0.2) is 53.5 Å². The van der Waals surface area contributed by atoms with E-state index in [1.807, 2.05) is 56.3 Å². The maximum atomic E-state index is 12.4. The molecule has 0 saturated heterocycles. The largest absolute Gasteiger partial charge is 0.349 e. The quantitative estimate of drug-likeness (QED) is 0.797. The SMILES string of the molecule is Cc1ccc2cnn(CC(=O)N[C@@H](C)c3ccccc3)c(=O)n12. The third-order valence-electron chi connectivity index (χ3n) is 3.82. The number of hydrogen-bond acceptors (Lipinski definition) is 3. The first-order valence-corrected chi connectivity index (χ1v) is 7.45. The van der Waals surface area contributed by atoms with Gasteiger partial charge in [-0.2, -0.15) is 5.10 Å². The summed E-state index contributed by atoms with van der Waals surface area (Å²) in [5.74, 6) is -0.250. The van der Waals surface area contributed by atoms with E-state index >= 15 is 0 Å². The normalized spacial score (nSPS) is 12.3. The van der Waals surface area contributed by atoms with Gasteiger partial charge in [-0.05, 0) is 31.5 Å². The van der Waals surface area contributed by atoms with Crippen molar-refractivity contribution in [2.24, 2.45) is 0 Å². The van der Waals surface area contributed by atoms with Gasteiger partial charge in [-0.3, -0.25) is 9.20 Å². The van der Waals surface area contributed by atoms with Crippen molar-refractivity contribution in [3.63, 3.8) is 0 Å². The van der Waals surface area contributed by atoms with Crippen LogP contribution in [0, 0.1) is 6.92 Å². The van der Waals surface area contributed by atoms with E-state index in [4.69, 9.17) is 0 Å². The molecule has 0 aliphatic carbocycles. The lowest BCUT2D eigenvalue weighted by Gasteiger charge is -2.14. The second kappa shape index (κ2) is 6.08. The van der Waals surface area contributed by atoms with Crippen molar-refractivity contribution >= 4 is 11.4 Å². The average Bonchev–Trinajstić information content (AvgIpc) is 2.93. The Morgan fingerprint density at radius 2 is 1.96 bits per heavy atom. The van der Waals surface area contributed by atoms with Crippen molar-refractivity contribution < 1.29 is 4.79 Å². The molecule has 0 saturated carbocycles. The Balaban J connectivity index is 1.77. The smallest absolute Gasteiger partial charge is 0.348 e. The van der Waals surface area contributed by atoms with Gasteiger partial charge in [-0.1, -0.05) is 30.3 Å². The van der Waals surface area contributed by atoms with Gasteiger partial charge in [0.05, 0.1) is 17.8 Å². The van der Waals surface area contributed by atoms with E-state index in [2.05, 4.69) is 10.4 Å². The molecule has 3 aromatic rings. The van der Waals surface area contributed by atoms with Crippen LogP contribution in [0.1, 0.15) is 24.2 Å². The number of amides is 1. The number of carbonyl (C=O) groups excluding carboxylic acids is 1. The Kier molecular flexibility index (Phi) is 3.97. The van der Waals surface area contributed by atoms with E-state index in [-0.39, 0.29) is 24.2 Å². The molecule has 2 aromatic heterocycles. The second-order valence-corrected chi connectivity index (χ2v) is 5.52. The number of nitrogens with one attached hydrogen (secondary N) is 1. The summed E-state index contributed by atoms with van der Waals surface area (Å²) in [4.78, 5) is 24.6. The molecular formula is C17H18N4O2. The standard InChI is InChI=1S/C17H18N4O2/c1-12-8-9-15-10-18-20(17(23)21(12)15)11-16(22)19-13(2)14-6-4-3-5-7-14/h3-10,13H,11H2,1-2H3,(H,19,22)/t13-/m0/s1. The van der Waals surface area contributed by atoms with E-state index < -0.39 is 0 Å². The fourth-order valence-electron chi connectivity index (χ4n) is 2.57. The summed E-state index contributed by atoms with van der Waals surface area (Å²) in [6.45, 7) is 3.64. The molecule has 1 atom stereocenters. The van der Waals surface area contributed by atoms with Gasteiger partial charge in [0.25, 0.3) is 0 Å². The summed E-state index contributed by atoms with van der Waals surface area (Å²) in [6, 6.07) is 13.2. The topological polar surface area (TPSA) is 68.4 Å². The van der Waals surface area contributed by atoms with Crippen molar-refractivity contribution in [1.29, 1.82) is 0 Å². The van der Waals surface area contributed by atoms with Gasteiger partial charge in [0.15, 0.2) is 0 Å². The van der Waals surface area contributed by atoms with Crippen LogP contribution < -0.4 is 11.0 Å². The van der Waals surface area contributed by atoms with Crippen molar-refractivity contribution in [3.8, 4) is 0 Å². The van der Waals surface area contributed by atoms with Crippen LogP contribution in [0.2, 0.25) is 0 Å². The Hall–Kier alpha value is -2.89. The van der Waals surface area contributed by atoms with Gasteiger partial charge in [-0.15, -0.1) is 0 Å². The molecule has 0 bridgehead atoms. The zero-order chi connectivity index (χ0) is 16.4. The lowest BCUT2D eigenvalue weighted by molar-refractivity contribution is -0.122. The molecule has 1 N–H and O–H groups in total. The number of rotatable bonds is 4. The lowest BCUT2D eigenvalue weighted by atomic mass is 10.1. The van der Waals surface area contributed by atoms with Crippen molar-refractivity contribution in [2.45, 2.75) is 26.4 Å². The number of aryl methyl sites for hydroxylation is 1. The third kappa shape index (κ3) is 3.01. The van der Waals surface area contributed by atoms with E-state index in [0.717, 1.165) is 16.8 Å². The Morgan fingerprint density at radius 3 is 2.70 bits per heavy atom. The molecule has 2 heterocycles. The highest BCUT2D eigenvalue weighted by Gasteiger charge is 2.12. The summed E-state index contributed by atoms with van der Waals surface area (Å²) >= 11 is 0. The maximum absolute atomic E-state index is 12.4. The second-order valence-electron chi connectivity index (χ2n) is 5.52. The number of carbonyl (C=O) groups is 1. The molecule has 1 aromatic carbocycles. The molecule has 6 nitrogen and oxygen atoms in total. The van der Waals surface area contributed by atoms with Gasteiger partial charge in [-0.25, -0.2) is 9.48 Å². The van der Waals surface area contributed by atoms with Gasteiger partial charge in [0.1, 0.15) is 6.54 Å². The van der Waals surface area contributed by atoms with Crippen LogP contribution in [0.4, 0.5) is 0 Å². The fourth-order valence-corrected chi connectivity index (χ4v) is 2.57.